The molecule has 0 atom stereocenters. The predicted molar refractivity (Wildman–Crippen MR) is 55.9 cm³/mol. The van der Waals surface area contributed by atoms with Gasteiger partial charge in [0.05, 0.1) is 12.5 Å². The summed E-state index contributed by atoms with van der Waals surface area (Å²) in [4.78, 5) is 20.0. The number of ether oxygens (including phenoxy) is 1. The van der Waals surface area contributed by atoms with Gasteiger partial charge < -0.3 is 15.2 Å². The molecule has 1 rings (SSSR count). The van der Waals surface area contributed by atoms with Crippen LogP contribution < -0.4 is 5.32 Å². The lowest BCUT2D eigenvalue weighted by Gasteiger charge is -2.20. The lowest BCUT2D eigenvalue weighted by molar-refractivity contribution is -0.192. The Morgan fingerprint density at radius 3 is 2.11 bits per heavy atom. The molecule has 106 valence electrons. The van der Waals surface area contributed by atoms with Crippen LogP contribution in [0.1, 0.15) is 19.8 Å². The summed E-state index contributed by atoms with van der Waals surface area (Å²) in [6, 6.07) is 0. The van der Waals surface area contributed by atoms with Crippen LogP contribution in [0.5, 0.6) is 0 Å². The number of carboxylic acids is 1. The van der Waals surface area contributed by atoms with E-state index in [-0.39, 0.29) is 11.9 Å². The third kappa shape index (κ3) is 7.10. The maximum Gasteiger partial charge on any atom is 0.490 e. The van der Waals surface area contributed by atoms with Crippen molar-refractivity contribution < 1.29 is 32.6 Å². The van der Waals surface area contributed by atoms with Gasteiger partial charge in [-0.2, -0.15) is 13.2 Å². The number of carbonyl (C=O) groups excluding carboxylic acids is 1. The van der Waals surface area contributed by atoms with E-state index in [0.717, 1.165) is 25.9 Å². The summed E-state index contributed by atoms with van der Waals surface area (Å²) in [5, 5.41) is 10.3. The number of esters is 1. The number of rotatable bonds is 2. The van der Waals surface area contributed by atoms with E-state index < -0.39 is 12.1 Å². The predicted octanol–water partition coefficient (Wildman–Crippen LogP) is 1.18. The quantitative estimate of drug-likeness (QED) is 0.738. The molecule has 8 heteroatoms. The second-order valence-corrected chi connectivity index (χ2v) is 3.58. The van der Waals surface area contributed by atoms with E-state index in [9.17, 15) is 18.0 Å². The van der Waals surface area contributed by atoms with Gasteiger partial charge in [0, 0.05) is 0 Å². The van der Waals surface area contributed by atoms with Crippen LogP contribution in [0.3, 0.4) is 0 Å². The molecule has 0 aromatic heterocycles. The summed E-state index contributed by atoms with van der Waals surface area (Å²) in [6.07, 6.45) is -3.22. The molecule has 1 aliphatic rings. The number of piperidine rings is 1. The zero-order valence-electron chi connectivity index (χ0n) is 9.92. The number of halogens is 3. The Morgan fingerprint density at radius 1 is 1.33 bits per heavy atom. The topological polar surface area (TPSA) is 75.6 Å². The number of carbonyl (C=O) groups is 2. The Balaban J connectivity index is 0.000000360. The summed E-state index contributed by atoms with van der Waals surface area (Å²) in [5.74, 6) is -2.63. The fraction of sp³-hybridized carbons (Fsp3) is 0.800. The van der Waals surface area contributed by atoms with E-state index in [1.54, 1.807) is 0 Å². The summed E-state index contributed by atoms with van der Waals surface area (Å²) in [6.45, 7) is 4.24. The van der Waals surface area contributed by atoms with Crippen molar-refractivity contribution in [2.75, 3.05) is 19.7 Å². The smallest absolute Gasteiger partial charge is 0.475 e. The second kappa shape index (κ2) is 7.91. The zero-order chi connectivity index (χ0) is 14.2. The number of hydrogen-bond donors (Lipinski definition) is 2. The molecular formula is C10H16F3NO4. The largest absolute Gasteiger partial charge is 0.490 e. The highest BCUT2D eigenvalue weighted by atomic mass is 19.4. The van der Waals surface area contributed by atoms with Gasteiger partial charge in [-0.15, -0.1) is 0 Å². The lowest BCUT2D eigenvalue weighted by Crippen LogP contribution is -2.32. The first-order valence-corrected chi connectivity index (χ1v) is 5.46. The molecule has 1 heterocycles. The number of carboxylic acid groups (broad SMARTS) is 1. The molecule has 1 aliphatic heterocycles. The van der Waals surface area contributed by atoms with Crippen LogP contribution in [-0.2, 0) is 14.3 Å². The molecule has 1 saturated heterocycles. The second-order valence-electron chi connectivity index (χ2n) is 3.58. The van der Waals surface area contributed by atoms with Gasteiger partial charge in [0.1, 0.15) is 0 Å². The third-order valence-corrected chi connectivity index (χ3v) is 2.20. The number of alkyl halides is 3. The van der Waals surface area contributed by atoms with Crippen LogP contribution >= 0.6 is 0 Å². The van der Waals surface area contributed by atoms with E-state index in [1.165, 1.54) is 0 Å². The third-order valence-electron chi connectivity index (χ3n) is 2.20. The Morgan fingerprint density at radius 2 is 1.78 bits per heavy atom. The average Bonchev–Trinajstić information content (AvgIpc) is 2.30. The minimum Gasteiger partial charge on any atom is -0.475 e. The molecule has 0 saturated carbocycles. The van der Waals surface area contributed by atoms with Gasteiger partial charge in [-0.05, 0) is 32.9 Å². The van der Waals surface area contributed by atoms with Crippen LogP contribution in [0.4, 0.5) is 13.2 Å². The van der Waals surface area contributed by atoms with E-state index in [4.69, 9.17) is 14.6 Å². The van der Waals surface area contributed by atoms with E-state index in [2.05, 4.69) is 5.32 Å². The van der Waals surface area contributed by atoms with Gasteiger partial charge in [0.2, 0.25) is 0 Å². The number of nitrogens with one attached hydrogen (secondary N) is 1. The molecule has 5 nitrogen and oxygen atoms in total. The Bertz CT molecular complexity index is 275. The lowest BCUT2D eigenvalue weighted by atomic mass is 9.99. The highest BCUT2D eigenvalue weighted by molar-refractivity contribution is 5.73. The summed E-state index contributed by atoms with van der Waals surface area (Å²) in [7, 11) is 0. The van der Waals surface area contributed by atoms with Gasteiger partial charge >= 0.3 is 18.1 Å². The van der Waals surface area contributed by atoms with Crippen molar-refractivity contribution in [1.29, 1.82) is 0 Å². The fourth-order valence-corrected chi connectivity index (χ4v) is 1.32. The number of hydrogen-bond acceptors (Lipinski definition) is 4. The minimum absolute atomic E-state index is 0.0194. The van der Waals surface area contributed by atoms with Crippen molar-refractivity contribution in [3.63, 3.8) is 0 Å². The Kier molecular flexibility index (Phi) is 7.33. The first-order valence-electron chi connectivity index (χ1n) is 5.46. The molecule has 0 aliphatic carbocycles. The van der Waals surface area contributed by atoms with Crippen LogP contribution in [0.25, 0.3) is 0 Å². The first-order chi connectivity index (χ1) is 8.29. The highest BCUT2D eigenvalue weighted by Gasteiger charge is 2.38. The molecule has 0 unspecified atom stereocenters. The highest BCUT2D eigenvalue weighted by Crippen LogP contribution is 2.13. The maximum absolute atomic E-state index is 11.1. The molecule has 0 aromatic rings. The molecule has 0 bridgehead atoms. The molecule has 0 amide bonds. The monoisotopic (exact) mass is 271 g/mol. The van der Waals surface area contributed by atoms with E-state index in [1.807, 2.05) is 6.92 Å². The van der Waals surface area contributed by atoms with Crippen molar-refractivity contribution in [2.45, 2.75) is 25.9 Å². The summed E-state index contributed by atoms with van der Waals surface area (Å²) >= 11 is 0. The summed E-state index contributed by atoms with van der Waals surface area (Å²) < 4.78 is 36.7. The van der Waals surface area contributed by atoms with Gasteiger partial charge in [-0.1, -0.05) is 0 Å². The Labute approximate surface area is 102 Å². The SMILES string of the molecule is CCOC(=O)C1CCNCC1.O=C(O)C(F)(F)F. The van der Waals surface area contributed by atoms with E-state index in [0.29, 0.717) is 6.61 Å². The molecule has 1 fully saturated rings. The van der Waals surface area contributed by atoms with Crippen LogP contribution in [0.2, 0.25) is 0 Å². The van der Waals surface area contributed by atoms with Crippen molar-refractivity contribution in [2.24, 2.45) is 5.92 Å². The molecular weight excluding hydrogens is 255 g/mol. The normalized spacial score (nSPS) is 16.4. The van der Waals surface area contributed by atoms with Gasteiger partial charge in [-0.25, -0.2) is 4.79 Å². The molecule has 0 aromatic carbocycles. The van der Waals surface area contributed by atoms with Crippen molar-refractivity contribution in [1.82, 2.24) is 5.32 Å². The number of aliphatic carboxylic acids is 1. The van der Waals surface area contributed by atoms with Crippen molar-refractivity contribution in [3.8, 4) is 0 Å². The summed E-state index contributed by atoms with van der Waals surface area (Å²) in [5.41, 5.74) is 0. The molecule has 0 radical (unpaired) electrons. The maximum atomic E-state index is 11.1. The molecule has 2 N–H and O–H groups in total. The van der Waals surface area contributed by atoms with Crippen molar-refractivity contribution in [3.05, 3.63) is 0 Å². The van der Waals surface area contributed by atoms with Crippen molar-refractivity contribution >= 4 is 11.9 Å². The van der Waals surface area contributed by atoms with Gasteiger partial charge in [0.25, 0.3) is 0 Å². The first kappa shape index (κ1) is 16.7. The minimum atomic E-state index is -5.08. The van der Waals surface area contributed by atoms with Gasteiger partial charge in [0.15, 0.2) is 0 Å². The van der Waals surface area contributed by atoms with Gasteiger partial charge in [-0.3, -0.25) is 4.79 Å². The molecule has 0 spiro atoms. The fourth-order valence-electron chi connectivity index (χ4n) is 1.32. The van der Waals surface area contributed by atoms with Crippen LogP contribution in [-0.4, -0.2) is 42.9 Å². The van der Waals surface area contributed by atoms with Crippen LogP contribution in [0, 0.1) is 5.92 Å². The molecule has 18 heavy (non-hydrogen) atoms. The standard InChI is InChI=1S/C8H15NO2.C2HF3O2/c1-2-11-8(10)7-3-5-9-6-4-7;3-2(4,5)1(6)7/h7,9H,2-6H2,1H3;(H,6,7). The average molecular weight is 271 g/mol. The Hall–Kier alpha value is -1.31. The van der Waals surface area contributed by atoms with E-state index >= 15 is 0 Å². The zero-order valence-corrected chi connectivity index (χ0v) is 9.92. The van der Waals surface area contributed by atoms with Crippen LogP contribution in [0.15, 0.2) is 0 Å².